The summed E-state index contributed by atoms with van der Waals surface area (Å²) in [5.41, 5.74) is 8.28. The molecule has 0 bridgehead atoms. The normalized spacial score (nSPS) is 13.4. The van der Waals surface area contributed by atoms with Crippen molar-refractivity contribution < 1.29 is 9.47 Å². The number of anilines is 2. The minimum Gasteiger partial charge on any atom is -0.490 e. The van der Waals surface area contributed by atoms with Gasteiger partial charge in [0.25, 0.3) is 0 Å². The van der Waals surface area contributed by atoms with Crippen LogP contribution in [0.15, 0.2) is 67.1 Å². The van der Waals surface area contributed by atoms with Gasteiger partial charge in [0.05, 0.1) is 43.4 Å². The third-order valence-electron chi connectivity index (χ3n) is 6.33. The molecule has 0 saturated carbocycles. The molecule has 3 heterocycles. The quantitative estimate of drug-likeness (QED) is 0.218. The molecule has 2 aromatic heterocycles. The number of rotatable bonds is 9. The van der Waals surface area contributed by atoms with Gasteiger partial charge in [-0.1, -0.05) is 24.3 Å². The second-order valence-corrected chi connectivity index (χ2v) is 9.23. The van der Waals surface area contributed by atoms with Crippen molar-refractivity contribution in [1.29, 1.82) is 5.26 Å². The summed E-state index contributed by atoms with van der Waals surface area (Å²) in [6.07, 6.45) is 7.06. The number of nitriles is 1. The Labute approximate surface area is 226 Å². The van der Waals surface area contributed by atoms with Crippen LogP contribution in [0, 0.1) is 17.2 Å². The first-order chi connectivity index (χ1) is 19.1. The molecule has 11 heteroatoms. The lowest BCUT2D eigenvalue weighted by Crippen LogP contribution is -2.32. The Morgan fingerprint density at radius 3 is 2.59 bits per heavy atom. The first kappa shape index (κ1) is 25.8. The summed E-state index contributed by atoms with van der Waals surface area (Å²) in [6.45, 7) is 3.06. The van der Waals surface area contributed by atoms with Crippen molar-refractivity contribution in [3.8, 4) is 34.8 Å². The number of nitrogens with one attached hydrogen (secondary N) is 1. The van der Waals surface area contributed by atoms with E-state index in [1.807, 2.05) is 24.3 Å². The van der Waals surface area contributed by atoms with Gasteiger partial charge < -0.3 is 20.5 Å². The average Bonchev–Trinajstić information content (AvgIpc) is 2.98. The molecular weight excluding hydrogens is 494 g/mol. The zero-order valence-corrected chi connectivity index (χ0v) is 21.3. The molecule has 1 aliphatic heterocycles. The van der Waals surface area contributed by atoms with Gasteiger partial charge in [0.1, 0.15) is 5.75 Å². The highest BCUT2D eigenvalue weighted by molar-refractivity contribution is 5.59. The highest BCUT2D eigenvalue weighted by Gasteiger charge is 2.15. The summed E-state index contributed by atoms with van der Waals surface area (Å²) in [6, 6.07) is 16.6. The molecule has 2 aromatic carbocycles. The lowest BCUT2D eigenvalue weighted by molar-refractivity contribution is 0.214. The number of hydrogen-bond donors (Lipinski definition) is 3. The molecule has 1 fully saturated rings. The van der Waals surface area contributed by atoms with Crippen LogP contribution in [0.3, 0.4) is 0 Å². The maximum Gasteiger partial charge on any atom is 0.240 e. The summed E-state index contributed by atoms with van der Waals surface area (Å²) in [5.74, 6) is 9.24. The molecule has 11 nitrogen and oxygen atoms in total. The van der Waals surface area contributed by atoms with Crippen LogP contribution in [0.2, 0.25) is 0 Å². The Morgan fingerprint density at radius 1 is 1.00 bits per heavy atom. The lowest BCUT2D eigenvalue weighted by atomic mass is 9.99. The SMILES string of the molecule is N#Cc1cccc(Oc2cnc(N)c(N(N)Cc3cccc(-c4ncc(OCC5CCNCC5)cn4)c3)n2)c1. The Hall–Kier alpha value is -4.79. The van der Waals surface area contributed by atoms with Crippen LogP contribution in [0.5, 0.6) is 17.4 Å². The molecule has 4 aromatic rings. The van der Waals surface area contributed by atoms with Gasteiger partial charge >= 0.3 is 0 Å². The average molecular weight is 524 g/mol. The van der Waals surface area contributed by atoms with Gasteiger partial charge in [0, 0.05) is 5.56 Å². The lowest BCUT2D eigenvalue weighted by Gasteiger charge is -2.22. The van der Waals surface area contributed by atoms with Crippen LogP contribution in [-0.2, 0) is 6.54 Å². The maximum absolute atomic E-state index is 9.10. The van der Waals surface area contributed by atoms with Gasteiger partial charge in [-0.3, -0.25) is 5.01 Å². The molecule has 0 atom stereocenters. The molecule has 0 radical (unpaired) electrons. The highest BCUT2D eigenvalue weighted by atomic mass is 16.5. The van der Waals surface area contributed by atoms with Crippen LogP contribution < -0.4 is 31.4 Å². The maximum atomic E-state index is 9.10. The molecule has 0 amide bonds. The van der Waals surface area contributed by atoms with E-state index in [9.17, 15) is 0 Å². The van der Waals surface area contributed by atoms with Crippen LogP contribution in [0.1, 0.15) is 24.0 Å². The van der Waals surface area contributed by atoms with Gasteiger partial charge in [-0.05, 0) is 61.7 Å². The molecule has 1 saturated heterocycles. The predicted octanol–water partition coefficient (Wildman–Crippen LogP) is 3.44. The molecular formula is C28H29N9O2. The Bertz CT molecular complexity index is 1450. The highest BCUT2D eigenvalue weighted by Crippen LogP contribution is 2.26. The second-order valence-electron chi connectivity index (χ2n) is 9.23. The number of nitrogen functional groups attached to an aromatic ring is 1. The van der Waals surface area contributed by atoms with Crippen molar-refractivity contribution in [2.24, 2.45) is 11.8 Å². The van der Waals surface area contributed by atoms with E-state index in [1.54, 1.807) is 36.7 Å². The molecule has 1 aliphatic rings. The summed E-state index contributed by atoms with van der Waals surface area (Å²) >= 11 is 0. The van der Waals surface area contributed by atoms with E-state index in [1.165, 1.54) is 11.2 Å². The Balaban J connectivity index is 1.24. The van der Waals surface area contributed by atoms with E-state index in [4.69, 9.17) is 26.3 Å². The first-order valence-electron chi connectivity index (χ1n) is 12.6. The molecule has 0 spiro atoms. The summed E-state index contributed by atoms with van der Waals surface area (Å²) in [5, 5.41) is 13.9. The van der Waals surface area contributed by atoms with Gasteiger partial charge in [-0.25, -0.2) is 20.8 Å². The van der Waals surface area contributed by atoms with E-state index < -0.39 is 0 Å². The summed E-state index contributed by atoms with van der Waals surface area (Å²) < 4.78 is 11.7. The third-order valence-corrected chi connectivity index (χ3v) is 6.33. The zero-order chi connectivity index (χ0) is 27.0. The number of piperidine rings is 1. The van der Waals surface area contributed by atoms with E-state index >= 15 is 0 Å². The third kappa shape index (κ3) is 6.75. The van der Waals surface area contributed by atoms with E-state index in [2.05, 4.69) is 31.3 Å². The molecule has 198 valence electrons. The van der Waals surface area contributed by atoms with Crippen molar-refractivity contribution in [1.82, 2.24) is 25.3 Å². The Kier molecular flexibility index (Phi) is 8.06. The number of nitrogens with two attached hydrogens (primary N) is 2. The minimum atomic E-state index is 0.162. The standard InChI is InChI=1S/C28H29N9O2/c29-13-20-3-2-6-23(12-20)39-25-16-33-26(30)28(36-25)37(31)17-21-4-1-5-22(11-21)27-34-14-24(15-35-27)38-18-19-7-9-32-10-8-19/h1-6,11-12,14-16,19,32H,7-10,17-18,31H2,(H2,30,33). The molecule has 39 heavy (non-hydrogen) atoms. The zero-order valence-electron chi connectivity index (χ0n) is 21.3. The van der Waals surface area contributed by atoms with Crippen molar-refractivity contribution in [2.45, 2.75) is 19.4 Å². The van der Waals surface area contributed by atoms with Gasteiger partial charge in [-0.15, -0.1) is 0 Å². The van der Waals surface area contributed by atoms with Gasteiger partial charge in [-0.2, -0.15) is 10.2 Å². The van der Waals surface area contributed by atoms with Crippen LogP contribution in [0.4, 0.5) is 11.6 Å². The number of ether oxygens (including phenoxy) is 2. The fourth-order valence-corrected chi connectivity index (χ4v) is 4.27. The summed E-state index contributed by atoms with van der Waals surface area (Å²) in [4.78, 5) is 17.6. The number of nitrogens with zero attached hydrogens (tertiary/aromatic N) is 6. The fraction of sp³-hybridized carbons (Fsp3) is 0.250. The molecule has 0 unspecified atom stereocenters. The molecule has 0 aliphatic carbocycles. The second kappa shape index (κ2) is 12.2. The van der Waals surface area contributed by atoms with Crippen LogP contribution in [-0.4, -0.2) is 39.6 Å². The number of aromatic nitrogens is 4. The van der Waals surface area contributed by atoms with Gasteiger partial charge in [0.2, 0.25) is 5.88 Å². The monoisotopic (exact) mass is 523 g/mol. The van der Waals surface area contributed by atoms with Crippen molar-refractivity contribution in [2.75, 3.05) is 30.4 Å². The largest absolute Gasteiger partial charge is 0.490 e. The number of hydrogen-bond acceptors (Lipinski definition) is 11. The smallest absolute Gasteiger partial charge is 0.240 e. The van der Waals surface area contributed by atoms with Crippen molar-refractivity contribution in [3.63, 3.8) is 0 Å². The van der Waals surface area contributed by atoms with Crippen molar-refractivity contribution in [3.05, 3.63) is 78.2 Å². The predicted molar refractivity (Wildman–Crippen MR) is 147 cm³/mol. The Morgan fingerprint density at radius 2 is 1.79 bits per heavy atom. The minimum absolute atomic E-state index is 0.162. The number of benzene rings is 2. The molecule has 5 N–H and O–H groups in total. The van der Waals surface area contributed by atoms with Gasteiger partial charge in [0.15, 0.2) is 23.2 Å². The topological polar surface area (TPSA) is 161 Å². The molecule has 5 rings (SSSR count). The number of hydrazine groups is 1. The van der Waals surface area contributed by atoms with E-state index in [-0.39, 0.29) is 17.5 Å². The van der Waals surface area contributed by atoms with Crippen LogP contribution in [0.25, 0.3) is 11.4 Å². The fourth-order valence-electron chi connectivity index (χ4n) is 4.27. The van der Waals surface area contributed by atoms with E-state index in [0.717, 1.165) is 37.1 Å². The summed E-state index contributed by atoms with van der Waals surface area (Å²) in [7, 11) is 0. The van der Waals surface area contributed by atoms with Crippen molar-refractivity contribution >= 4 is 11.6 Å². The van der Waals surface area contributed by atoms with E-state index in [0.29, 0.717) is 42.0 Å². The van der Waals surface area contributed by atoms with Crippen LogP contribution >= 0.6 is 0 Å². The first-order valence-corrected chi connectivity index (χ1v) is 12.6.